The summed E-state index contributed by atoms with van der Waals surface area (Å²) in [6.07, 6.45) is 1.51. The number of nitrogens with one attached hydrogen (secondary N) is 1. The summed E-state index contributed by atoms with van der Waals surface area (Å²) in [6.45, 7) is 2.00. The van der Waals surface area contributed by atoms with Gasteiger partial charge >= 0.3 is 0 Å². The molecule has 1 unspecified atom stereocenters. The fourth-order valence-corrected chi connectivity index (χ4v) is 4.00. The van der Waals surface area contributed by atoms with Gasteiger partial charge in [-0.3, -0.25) is 0 Å². The first-order valence-electron chi connectivity index (χ1n) is 5.98. The van der Waals surface area contributed by atoms with Gasteiger partial charge in [-0.2, -0.15) is 0 Å². The molecule has 0 saturated carbocycles. The maximum Gasteiger partial charge on any atom is 0.242 e. The Hall–Kier alpha value is -1.15. The first kappa shape index (κ1) is 15.2. The smallest absolute Gasteiger partial charge is 0.242 e. The van der Waals surface area contributed by atoms with Crippen molar-refractivity contribution in [3.63, 3.8) is 0 Å². The lowest BCUT2D eigenvalue weighted by atomic mass is 10.2. The van der Waals surface area contributed by atoms with Gasteiger partial charge in [-0.25, -0.2) is 13.1 Å². The molecule has 0 aliphatic carbocycles. The number of hydrogen-bond acceptors (Lipinski definition) is 4. The van der Waals surface area contributed by atoms with Gasteiger partial charge < -0.3 is 10.2 Å². The molecule has 108 valence electrons. The zero-order chi connectivity index (χ0) is 14.8. The molecule has 0 saturated heterocycles. The molecule has 1 atom stereocenters. The molecule has 0 aliphatic heterocycles. The summed E-state index contributed by atoms with van der Waals surface area (Å²) in [5, 5.41) is 0. The second kappa shape index (κ2) is 6.09. The Kier molecular flexibility index (Phi) is 4.64. The molecule has 0 amide bonds. The van der Waals surface area contributed by atoms with Crippen LogP contribution in [0.2, 0.25) is 0 Å². The highest BCUT2D eigenvalue weighted by molar-refractivity contribution is 9.10. The molecule has 2 aromatic rings. The molecule has 1 aromatic carbocycles. The van der Waals surface area contributed by atoms with Gasteiger partial charge in [0.1, 0.15) is 5.76 Å². The molecular weight excluding hydrogens is 344 g/mol. The highest BCUT2D eigenvalue weighted by Crippen LogP contribution is 2.25. The van der Waals surface area contributed by atoms with Gasteiger partial charge in [-0.05, 0) is 52.7 Å². The third-order valence-corrected chi connectivity index (χ3v) is 5.36. The van der Waals surface area contributed by atoms with Gasteiger partial charge in [0, 0.05) is 11.0 Å². The molecule has 0 aliphatic rings. The predicted molar refractivity (Wildman–Crippen MR) is 79.5 cm³/mol. The highest BCUT2D eigenvalue weighted by Gasteiger charge is 2.22. The van der Waals surface area contributed by atoms with E-state index in [2.05, 4.69) is 20.7 Å². The van der Waals surface area contributed by atoms with Crippen molar-refractivity contribution in [2.75, 3.05) is 0 Å². The summed E-state index contributed by atoms with van der Waals surface area (Å²) < 4.78 is 33.1. The minimum Gasteiger partial charge on any atom is -0.468 e. The lowest BCUT2D eigenvalue weighted by molar-refractivity contribution is 0.459. The van der Waals surface area contributed by atoms with Gasteiger partial charge in [0.2, 0.25) is 10.0 Å². The third-order valence-electron chi connectivity index (χ3n) is 2.82. The molecule has 0 spiro atoms. The molecule has 1 aromatic heterocycles. The first-order valence-corrected chi connectivity index (χ1v) is 8.26. The van der Waals surface area contributed by atoms with E-state index in [-0.39, 0.29) is 11.4 Å². The van der Waals surface area contributed by atoms with Crippen molar-refractivity contribution in [3.8, 4) is 0 Å². The number of halogens is 1. The summed E-state index contributed by atoms with van der Waals surface area (Å²) in [7, 11) is -3.66. The summed E-state index contributed by atoms with van der Waals surface area (Å²) in [5.74, 6) is 0.555. The number of furan rings is 1. The van der Waals surface area contributed by atoms with Crippen molar-refractivity contribution < 1.29 is 12.8 Å². The van der Waals surface area contributed by atoms with Crippen molar-refractivity contribution in [2.45, 2.75) is 24.4 Å². The van der Waals surface area contributed by atoms with E-state index in [0.29, 0.717) is 10.2 Å². The molecule has 2 rings (SSSR count). The largest absolute Gasteiger partial charge is 0.468 e. The van der Waals surface area contributed by atoms with Crippen LogP contribution < -0.4 is 10.5 Å². The second-order valence-corrected chi connectivity index (χ2v) is 6.86. The van der Waals surface area contributed by atoms with Crippen LogP contribution in [-0.4, -0.2) is 8.42 Å². The molecule has 7 heteroatoms. The Labute approximate surface area is 126 Å². The molecular formula is C13H15BrN2O3S. The van der Waals surface area contributed by atoms with Crippen LogP contribution >= 0.6 is 15.9 Å². The summed E-state index contributed by atoms with van der Waals surface area (Å²) >= 11 is 3.25. The van der Waals surface area contributed by atoms with Crippen molar-refractivity contribution >= 4 is 26.0 Å². The highest BCUT2D eigenvalue weighted by atomic mass is 79.9. The molecule has 1 heterocycles. The van der Waals surface area contributed by atoms with Crippen LogP contribution in [0.3, 0.4) is 0 Å². The minimum absolute atomic E-state index is 0.166. The fourth-order valence-electron chi connectivity index (χ4n) is 1.77. The van der Waals surface area contributed by atoms with Gasteiger partial charge in [0.25, 0.3) is 0 Å². The van der Waals surface area contributed by atoms with Gasteiger partial charge in [0.15, 0.2) is 0 Å². The number of rotatable bonds is 5. The Morgan fingerprint density at radius 3 is 2.75 bits per heavy atom. The monoisotopic (exact) mass is 358 g/mol. The molecule has 0 bridgehead atoms. The van der Waals surface area contributed by atoms with E-state index >= 15 is 0 Å². The average molecular weight is 359 g/mol. The van der Waals surface area contributed by atoms with Crippen molar-refractivity contribution in [3.05, 3.63) is 52.4 Å². The first-order chi connectivity index (χ1) is 9.44. The average Bonchev–Trinajstić information content (AvgIpc) is 2.92. The second-order valence-electron chi connectivity index (χ2n) is 4.33. The van der Waals surface area contributed by atoms with Crippen molar-refractivity contribution in [1.29, 1.82) is 0 Å². The van der Waals surface area contributed by atoms with Crippen LogP contribution in [0.5, 0.6) is 0 Å². The van der Waals surface area contributed by atoms with Gasteiger partial charge in [-0.15, -0.1) is 0 Å². The van der Waals surface area contributed by atoms with Gasteiger partial charge in [-0.1, -0.05) is 6.07 Å². The van der Waals surface area contributed by atoms with E-state index in [0.717, 1.165) is 5.56 Å². The Morgan fingerprint density at radius 1 is 1.40 bits per heavy atom. The van der Waals surface area contributed by atoms with Crippen LogP contribution in [0.4, 0.5) is 0 Å². The zero-order valence-electron chi connectivity index (χ0n) is 10.8. The normalized spacial score (nSPS) is 13.3. The van der Waals surface area contributed by atoms with Gasteiger partial charge in [0.05, 0.1) is 17.2 Å². The van der Waals surface area contributed by atoms with E-state index in [1.807, 2.05) is 0 Å². The summed E-state index contributed by atoms with van der Waals surface area (Å²) in [5.41, 5.74) is 6.29. The topological polar surface area (TPSA) is 85.3 Å². The zero-order valence-corrected chi connectivity index (χ0v) is 13.2. The molecule has 3 N–H and O–H groups in total. The number of benzene rings is 1. The molecule has 0 fully saturated rings. The fraction of sp³-hybridized carbons (Fsp3) is 0.231. The molecule has 20 heavy (non-hydrogen) atoms. The number of sulfonamides is 1. The molecule has 5 nitrogen and oxygen atoms in total. The van der Waals surface area contributed by atoms with E-state index in [1.165, 1.54) is 6.26 Å². The lowest BCUT2D eigenvalue weighted by Crippen LogP contribution is -2.27. The summed E-state index contributed by atoms with van der Waals surface area (Å²) in [4.78, 5) is 0.166. The summed E-state index contributed by atoms with van der Waals surface area (Å²) in [6, 6.07) is 7.99. The maximum absolute atomic E-state index is 12.4. The van der Waals surface area contributed by atoms with E-state index < -0.39 is 16.1 Å². The Bertz CT molecular complexity index is 684. The SMILES string of the molecule is CC(NS(=O)(=O)c1cc(CN)ccc1Br)c1ccco1. The Morgan fingerprint density at radius 2 is 2.15 bits per heavy atom. The standard InChI is InChI=1S/C13H15BrN2O3S/c1-9(12-3-2-6-19-12)16-20(17,18)13-7-10(8-15)4-5-11(13)14/h2-7,9,16H,8,15H2,1H3. The van der Waals surface area contributed by atoms with E-state index in [4.69, 9.17) is 10.2 Å². The van der Waals surface area contributed by atoms with Crippen molar-refractivity contribution in [2.24, 2.45) is 5.73 Å². The third kappa shape index (κ3) is 3.29. The quantitative estimate of drug-likeness (QED) is 0.859. The van der Waals surface area contributed by atoms with Crippen molar-refractivity contribution in [1.82, 2.24) is 4.72 Å². The Balaban J connectivity index is 2.31. The van der Waals surface area contributed by atoms with Crippen LogP contribution in [0.25, 0.3) is 0 Å². The van der Waals surface area contributed by atoms with E-state index in [1.54, 1.807) is 37.3 Å². The molecule has 0 radical (unpaired) electrons. The van der Waals surface area contributed by atoms with E-state index in [9.17, 15) is 8.42 Å². The number of nitrogens with two attached hydrogens (primary N) is 1. The van der Waals surface area contributed by atoms with Crippen LogP contribution in [0.15, 0.2) is 50.4 Å². The van der Waals surface area contributed by atoms with Crippen LogP contribution in [-0.2, 0) is 16.6 Å². The lowest BCUT2D eigenvalue weighted by Gasteiger charge is -2.14. The maximum atomic E-state index is 12.4. The predicted octanol–water partition coefficient (Wildman–Crippen LogP) is 2.54. The minimum atomic E-state index is -3.66. The number of hydrogen-bond donors (Lipinski definition) is 2. The van der Waals surface area contributed by atoms with Crippen LogP contribution in [0, 0.1) is 0 Å². The van der Waals surface area contributed by atoms with Crippen LogP contribution in [0.1, 0.15) is 24.3 Å².